The van der Waals surface area contributed by atoms with Gasteiger partial charge in [0.05, 0.1) is 5.25 Å². The number of piperazine rings is 1. The number of hydrogen-bond donors (Lipinski definition) is 1. The van der Waals surface area contributed by atoms with Crippen molar-refractivity contribution in [1.82, 2.24) is 15.1 Å². The Balaban J connectivity index is 1.48. The van der Waals surface area contributed by atoms with Crippen molar-refractivity contribution in [3.05, 3.63) is 65.7 Å². The van der Waals surface area contributed by atoms with Gasteiger partial charge in [-0.1, -0.05) is 30.3 Å². The predicted molar refractivity (Wildman–Crippen MR) is 113 cm³/mol. The van der Waals surface area contributed by atoms with Crippen LogP contribution in [0.25, 0.3) is 0 Å². The summed E-state index contributed by atoms with van der Waals surface area (Å²) < 4.78 is 0. The first kappa shape index (κ1) is 20.4. The first-order valence-corrected chi connectivity index (χ1v) is 10.5. The molecule has 0 bridgehead atoms. The van der Waals surface area contributed by atoms with Crippen LogP contribution in [0.15, 0.2) is 59.5 Å². The summed E-state index contributed by atoms with van der Waals surface area (Å²) in [6.07, 6.45) is 0. The second kappa shape index (κ2) is 9.75. The highest BCUT2D eigenvalue weighted by Crippen LogP contribution is 2.22. The van der Waals surface area contributed by atoms with E-state index in [1.54, 1.807) is 11.8 Å². The van der Waals surface area contributed by atoms with Crippen LogP contribution < -0.4 is 5.32 Å². The Hall–Kier alpha value is -2.31. The van der Waals surface area contributed by atoms with Crippen LogP contribution in [-0.2, 0) is 11.3 Å². The van der Waals surface area contributed by atoms with Crippen LogP contribution in [0.2, 0.25) is 0 Å². The van der Waals surface area contributed by atoms with E-state index in [0.717, 1.165) is 36.6 Å². The molecule has 0 saturated carbocycles. The van der Waals surface area contributed by atoms with E-state index in [4.69, 9.17) is 0 Å². The van der Waals surface area contributed by atoms with E-state index in [9.17, 15) is 9.59 Å². The summed E-state index contributed by atoms with van der Waals surface area (Å²) in [5.74, 6) is 0.0861. The molecule has 0 aromatic heterocycles. The average Bonchev–Trinajstić information content (AvgIpc) is 2.73. The third kappa shape index (κ3) is 5.59. The molecule has 1 atom stereocenters. The maximum Gasteiger partial charge on any atom is 0.253 e. The second-order valence-corrected chi connectivity index (χ2v) is 8.50. The lowest BCUT2D eigenvalue weighted by molar-refractivity contribution is -0.120. The molecule has 6 heteroatoms. The van der Waals surface area contributed by atoms with Gasteiger partial charge in [0.2, 0.25) is 5.91 Å². The molecule has 0 spiro atoms. The highest BCUT2D eigenvalue weighted by Gasteiger charge is 2.20. The zero-order chi connectivity index (χ0) is 19.9. The van der Waals surface area contributed by atoms with E-state index in [1.807, 2.05) is 66.4 Å². The van der Waals surface area contributed by atoms with Gasteiger partial charge in [0.1, 0.15) is 0 Å². The quantitative estimate of drug-likeness (QED) is 0.762. The van der Waals surface area contributed by atoms with Crippen molar-refractivity contribution in [3.8, 4) is 0 Å². The van der Waals surface area contributed by atoms with Crippen molar-refractivity contribution in [2.45, 2.75) is 23.6 Å². The average molecular weight is 398 g/mol. The Morgan fingerprint density at radius 2 is 1.64 bits per heavy atom. The number of thioether (sulfide) groups is 1. The van der Waals surface area contributed by atoms with Gasteiger partial charge in [0, 0.05) is 43.2 Å². The molecule has 1 aliphatic heterocycles. The molecule has 3 rings (SSSR count). The lowest BCUT2D eigenvalue weighted by Crippen LogP contribution is -2.47. The molecular weight excluding hydrogens is 370 g/mol. The Labute approximate surface area is 171 Å². The van der Waals surface area contributed by atoms with Crippen LogP contribution in [0.4, 0.5) is 0 Å². The summed E-state index contributed by atoms with van der Waals surface area (Å²) in [6.45, 7) is 5.73. The minimum absolute atomic E-state index is 0.00597. The van der Waals surface area contributed by atoms with Crippen molar-refractivity contribution in [2.75, 3.05) is 33.2 Å². The zero-order valence-electron chi connectivity index (χ0n) is 16.4. The van der Waals surface area contributed by atoms with Gasteiger partial charge in [0.15, 0.2) is 0 Å². The first-order valence-electron chi connectivity index (χ1n) is 9.59. The molecule has 2 amide bonds. The van der Waals surface area contributed by atoms with E-state index in [-0.39, 0.29) is 17.1 Å². The molecule has 5 nitrogen and oxygen atoms in total. The first-order chi connectivity index (χ1) is 13.5. The number of carbonyl (C=O) groups excluding carboxylic acids is 2. The lowest BCUT2D eigenvalue weighted by atomic mass is 10.1. The van der Waals surface area contributed by atoms with Crippen molar-refractivity contribution < 1.29 is 9.59 Å². The van der Waals surface area contributed by atoms with Gasteiger partial charge in [-0.2, -0.15) is 0 Å². The van der Waals surface area contributed by atoms with Crippen molar-refractivity contribution in [1.29, 1.82) is 0 Å². The van der Waals surface area contributed by atoms with Gasteiger partial charge in [-0.3, -0.25) is 9.59 Å². The fourth-order valence-corrected chi connectivity index (χ4v) is 3.96. The molecular formula is C22H27N3O2S. The third-order valence-electron chi connectivity index (χ3n) is 4.88. The van der Waals surface area contributed by atoms with Gasteiger partial charge in [-0.25, -0.2) is 0 Å². The molecule has 2 aromatic rings. The Kier molecular flexibility index (Phi) is 7.12. The molecule has 1 N–H and O–H groups in total. The summed E-state index contributed by atoms with van der Waals surface area (Å²) in [6, 6.07) is 17.4. The Bertz CT molecular complexity index is 787. The summed E-state index contributed by atoms with van der Waals surface area (Å²) in [5.41, 5.74) is 1.69. The van der Waals surface area contributed by atoms with Crippen molar-refractivity contribution in [3.63, 3.8) is 0 Å². The topological polar surface area (TPSA) is 52.7 Å². The van der Waals surface area contributed by atoms with Crippen molar-refractivity contribution >= 4 is 23.6 Å². The van der Waals surface area contributed by atoms with Crippen LogP contribution in [0, 0.1) is 0 Å². The lowest BCUT2D eigenvalue weighted by Gasteiger charge is -2.32. The number of rotatable bonds is 6. The van der Waals surface area contributed by atoms with E-state index in [1.165, 1.54) is 0 Å². The second-order valence-electron chi connectivity index (χ2n) is 7.08. The van der Waals surface area contributed by atoms with Gasteiger partial charge >= 0.3 is 0 Å². The molecule has 28 heavy (non-hydrogen) atoms. The number of carbonyl (C=O) groups is 2. The van der Waals surface area contributed by atoms with E-state index in [2.05, 4.69) is 17.3 Å². The van der Waals surface area contributed by atoms with Crippen LogP contribution in [0.1, 0.15) is 22.8 Å². The van der Waals surface area contributed by atoms with Crippen molar-refractivity contribution in [2.24, 2.45) is 0 Å². The molecule has 0 aliphatic carbocycles. The number of nitrogens with one attached hydrogen (secondary N) is 1. The molecule has 1 saturated heterocycles. The maximum atomic E-state index is 12.6. The minimum atomic E-state index is -0.166. The van der Waals surface area contributed by atoms with E-state index in [0.29, 0.717) is 12.1 Å². The molecule has 1 unspecified atom stereocenters. The van der Waals surface area contributed by atoms with Gasteiger partial charge in [-0.05, 0) is 43.8 Å². The van der Waals surface area contributed by atoms with E-state index < -0.39 is 0 Å². The zero-order valence-corrected chi connectivity index (χ0v) is 17.2. The van der Waals surface area contributed by atoms with Crippen LogP contribution in [0.5, 0.6) is 0 Å². The van der Waals surface area contributed by atoms with Gasteiger partial charge in [-0.15, -0.1) is 11.8 Å². The molecule has 148 valence electrons. The standard InChI is InChI=1S/C22H27N3O2S/c1-17(28-20-6-4-3-5-7-20)21(26)23-16-18-8-10-19(11-9-18)22(27)25-14-12-24(2)13-15-25/h3-11,17H,12-16H2,1-2H3,(H,23,26). The SMILES string of the molecule is CC(Sc1ccccc1)C(=O)NCc1ccc(C(=O)N2CCN(C)CC2)cc1. The predicted octanol–water partition coefficient (Wildman–Crippen LogP) is 2.87. The summed E-state index contributed by atoms with van der Waals surface area (Å²) in [4.78, 5) is 30.1. The number of benzene rings is 2. The molecule has 1 heterocycles. The normalized spacial score (nSPS) is 15.9. The molecule has 1 fully saturated rings. The fraction of sp³-hybridized carbons (Fsp3) is 0.364. The van der Waals surface area contributed by atoms with Crippen LogP contribution in [-0.4, -0.2) is 60.1 Å². The molecule has 1 aliphatic rings. The number of hydrogen-bond acceptors (Lipinski definition) is 4. The highest BCUT2D eigenvalue weighted by atomic mass is 32.2. The fourth-order valence-electron chi connectivity index (χ4n) is 3.05. The van der Waals surface area contributed by atoms with E-state index >= 15 is 0 Å². The number of likely N-dealkylation sites (N-methyl/N-ethyl adjacent to an activating group) is 1. The summed E-state index contributed by atoms with van der Waals surface area (Å²) in [7, 11) is 2.07. The molecule has 0 radical (unpaired) electrons. The van der Waals surface area contributed by atoms with Gasteiger partial charge < -0.3 is 15.1 Å². The maximum absolute atomic E-state index is 12.6. The third-order valence-corrected chi connectivity index (χ3v) is 6.00. The smallest absolute Gasteiger partial charge is 0.253 e. The largest absolute Gasteiger partial charge is 0.351 e. The van der Waals surface area contributed by atoms with Crippen LogP contribution >= 0.6 is 11.8 Å². The highest BCUT2D eigenvalue weighted by molar-refractivity contribution is 8.00. The van der Waals surface area contributed by atoms with Crippen LogP contribution in [0.3, 0.4) is 0 Å². The van der Waals surface area contributed by atoms with Gasteiger partial charge in [0.25, 0.3) is 5.91 Å². The summed E-state index contributed by atoms with van der Waals surface area (Å²) >= 11 is 1.54. The number of amides is 2. The Morgan fingerprint density at radius 1 is 1.00 bits per heavy atom. The monoisotopic (exact) mass is 397 g/mol. The minimum Gasteiger partial charge on any atom is -0.351 e. The summed E-state index contributed by atoms with van der Waals surface area (Å²) in [5, 5.41) is 2.81. The number of nitrogens with zero attached hydrogens (tertiary/aromatic N) is 2. The Morgan fingerprint density at radius 3 is 2.29 bits per heavy atom. The molecule has 2 aromatic carbocycles.